The maximum Gasteiger partial charge on any atom is 0.242 e. The van der Waals surface area contributed by atoms with Crippen LogP contribution in [0.25, 0.3) is 0 Å². The molecular weight excluding hydrogens is 379 g/mol. The molecule has 0 aliphatic rings. The van der Waals surface area contributed by atoms with E-state index in [1.54, 1.807) is 32.3 Å². The van der Waals surface area contributed by atoms with Crippen LogP contribution in [-0.4, -0.2) is 46.1 Å². The number of anilines is 1. The van der Waals surface area contributed by atoms with Crippen LogP contribution in [0.5, 0.6) is 0 Å². The maximum atomic E-state index is 11.8. The highest BCUT2D eigenvalue weighted by atomic mass is 127. The summed E-state index contributed by atoms with van der Waals surface area (Å²) in [4.78, 5) is 13.1. The minimum Gasteiger partial charge on any atom is -0.347 e. The van der Waals surface area contributed by atoms with Crippen molar-refractivity contribution < 1.29 is 13.2 Å². The van der Waals surface area contributed by atoms with Gasteiger partial charge in [0.2, 0.25) is 15.9 Å². The van der Waals surface area contributed by atoms with E-state index in [2.05, 4.69) is 22.6 Å². The molecule has 0 atom stereocenters. The minimum atomic E-state index is -3.49. The average molecular weight is 396 g/mol. The molecule has 0 spiro atoms. The molecule has 19 heavy (non-hydrogen) atoms. The lowest BCUT2D eigenvalue weighted by molar-refractivity contribution is -0.127. The summed E-state index contributed by atoms with van der Waals surface area (Å²) in [6, 6.07) is 7.20. The van der Waals surface area contributed by atoms with Crippen molar-refractivity contribution in [1.82, 2.24) is 4.90 Å². The van der Waals surface area contributed by atoms with Gasteiger partial charge in [-0.25, -0.2) is 8.42 Å². The van der Waals surface area contributed by atoms with E-state index in [9.17, 15) is 13.2 Å². The van der Waals surface area contributed by atoms with E-state index in [1.807, 2.05) is 6.07 Å². The van der Waals surface area contributed by atoms with Crippen LogP contribution in [0.2, 0.25) is 0 Å². The monoisotopic (exact) mass is 396 g/mol. The van der Waals surface area contributed by atoms with Gasteiger partial charge in [-0.05, 0) is 17.7 Å². The first-order chi connectivity index (χ1) is 8.75. The summed E-state index contributed by atoms with van der Waals surface area (Å²) in [6.07, 6.45) is 1.10. The zero-order valence-corrected chi connectivity index (χ0v) is 14.1. The molecule has 0 saturated heterocycles. The van der Waals surface area contributed by atoms with E-state index in [0.717, 1.165) is 20.6 Å². The second-order valence-corrected chi connectivity index (χ2v) is 7.03. The molecule has 0 fully saturated rings. The zero-order chi connectivity index (χ0) is 14.6. The van der Waals surface area contributed by atoms with Gasteiger partial charge in [-0.3, -0.25) is 9.10 Å². The van der Waals surface area contributed by atoms with Crippen molar-refractivity contribution in [3.63, 3.8) is 0 Å². The lowest BCUT2D eigenvalue weighted by atomic mass is 10.2. The predicted molar refractivity (Wildman–Crippen MR) is 85.0 cm³/mol. The van der Waals surface area contributed by atoms with Gasteiger partial charge in [-0.2, -0.15) is 0 Å². The number of hydrogen-bond acceptors (Lipinski definition) is 3. The Bertz CT molecular complexity index is 558. The number of carbonyl (C=O) groups is 1. The van der Waals surface area contributed by atoms with Crippen molar-refractivity contribution in [2.24, 2.45) is 0 Å². The number of sulfonamides is 1. The number of likely N-dealkylation sites (N-methyl/N-ethyl adjacent to an activating group) is 1. The molecule has 0 heterocycles. The highest BCUT2D eigenvalue weighted by Crippen LogP contribution is 2.20. The van der Waals surface area contributed by atoms with Gasteiger partial charge < -0.3 is 4.90 Å². The molecule has 0 aromatic heterocycles. The molecule has 0 unspecified atom stereocenters. The molecule has 1 aromatic carbocycles. The molecule has 1 amide bonds. The molecule has 0 bridgehead atoms. The van der Waals surface area contributed by atoms with Crippen LogP contribution in [0.3, 0.4) is 0 Å². The number of amides is 1. The molecule has 0 radical (unpaired) electrons. The Hall–Kier alpha value is -0.830. The standard InChI is InChI=1S/C12H17IN2O3S/c1-14(2)12(16)9-15(19(3,17)18)11-6-4-5-10(7-11)8-13/h4-7H,8-9H2,1-3H3. The minimum absolute atomic E-state index is 0.184. The molecule has 0 aliphatic carbocycles. The molecule has 5 nitrogen and oxygen atoms in total. The Labute approximate surface area is 127 Å². The highest BCUT2D eigenvalue weighted by Gasteiger charge is 2.21. The molecule has 0 N–H and O–H groups in total. The van der Waals surface area contributed by atoms with Crippen molar-refractivity contribution in [2.45, 2.75) is 4.43 Å². The fourth-order valence-electron chi connectivity index (χ4n) is 1.46. The number of hydrogen-bond donors (Lipinski definition) is 0. The van der Waals surface area contributed by atoms with Gasteiger partial charge in [0.15, 0.2) is 0 Å². The predicted octanol–water partition coefficient (Wildman–Crippen LogP) is 1.48. The SMILES string of the molecule is CN(C)C(=O)CN(c1cccc(CI)c1)S(C)(=O)=O. The smallest absolute Gasteiger partial charge is 0.242 e. The number of rotatable bonds is 5. The molecule has 7 heteroatoms. The topological polar surface area (TPSA) is 57.7 Å². The lowest BCUT2D eigenvalue weighted by Gasteiger charge is -2.23. The summed E-state index contributed by atoms with van der Waals surface area (Å²) in [6.45, 7) is -0.184. The summed E-state index contributed by atoms with van der Waals surface area (Å²) < 4.78 is 25.6. The third-order valence-electron chi connectivity index (χ3n) is 2.53. The van der Waals surface area contributed by atoms with Gasteiger partial charge in [0.1, 0.15) is 6.54 Å². The highest BCUT2D eigenvalue weighted by molar-refractivity contribution is 14.1. The van der Waals surface area contributed by atoms with Crippen LogP contribution in [0.1, 0.15) is 5.56 Å². The zero-order valence-electron chi connectivity index (χ0n) is 11.1. The number of alkyl halides is 1. The Kier molecular flexibility index (Phi) is 5.60. The van der Waals surface area contributed by atoms with Crippen LogP contribution in [0.15, 0.2) is 24.3 Å². The van der Waals surface area contributed by atoms with Crippen LogP contribution in [0, 0.1) is 0 Å². The first-order valence-corrected chi connectivity index (χ1v) is 8.96. The number of benzene rings is 1. The van der Waals surface area contributed by atoms with Crippen LogP contribution in [0.4, 0.5) is 5.69 Å². The van der Waals surface area contributed by atoms with Crippen LogP contribution in [-0.2, 0) is 19.2 Å². The van der Waals surface area contributed by atoms with Crippen molar-refractivity contribution >= 4 is 44.2 Å². The van der Waals surface area contributed by atoms with E-state index < -0.39 is 10.0 Å². The summed E-state index contributed by atoms with van der Waals surface area (Å²) >= 11 is 2.21. The van der Waals surface area contributed by atoms with Gasteiger partial charge >= 0.3 is 0 Å². The third-order valence-corrected chi connectivity index (χ3v) is 4.55. The molecule has 0 saturated carbocycles. The number of carbonyl (C=O) groups excluding carboxylic acids is 1. The van der Waals surface area contributed by atoms with Crippen molar-refractivity contribution in [1.29, 1.82) is 0 Å². The Morgan fingerprint density at radius 2 is 1.95 bits per heavy atom. The summed E-state index contributed by atoms with van der Waals surface area (Å²) in [5.41, 5.74) is 1.54. The van der Waals surface area contributed by atoms with E-state index in [-0.39, 0.29) is 12.5 Å². The summed E-state index contributed by atoms with van der Waals surface area (Å²) in [7, 11) is -0.286. The molecule has 106 valence electrons. The maximum absolute atomic E-state index is 11.8. The summed E-state index contributed by atoms with van der Waals surface area (Å²) in [5.74, 6) is -0.259. The molecule has 1 aromatic rings. The van der Waals surface area contributed by atoms with Crippen LogP contribution < -0.4 is 4.31 Å². The summed E-state index contributed by atoms with van der Waals surface area (Å²) in [5, 5.41) is 0. The van der Waals surface area contributed by atoms with Gasteiger partial charge in [0.05, 0.1) is 11.9 Å². The average Bonchev–Trinajstić information content (AvgIpc) is 2.34. The second-order valence-electron chi connectivity index (χ2n) is 4.36. The largest absolute Gasteiger partial charge is 0.347 e. The Morgan fingerprint density at radius 3 is 2.42 bits per heavy atom. The van der Waals surface area contributed by atoms with Crippen LogP contribution >= 0.6 is 22.6 Å². The van der Waals surface area contributed by atoms with Gasteiger partial charge in [-0.15, -0.1) is 0 Å². The van der Waals surface area contributed by atoms with Crippen molar-refractivity contribution in [2.75, 3.05) is 31.2 Å². The van der Waals surface area contributed by atoms with Gasteiger partial charge in [-0.1, -0.05) is 34.7 Å². The van der Waals surface area contributed by atoms with E-state index >= 15 is 0 Å². The normalized spacial score (nSPS) is 11.2. The Morgan fingerprint density at radius 1 is 1.32 bits per heavy atom. The van der Waals surface area contributed by atoms with E-state index in [1.165, 1.54) is 4.90 Å². The lowest BCUT2D eigenvalue weighted by Crippen LogP contribution is -2.39. The first-order valence-electron chi connectivity index (χ1n) is 5.58. The fourth-order valence-corrected chi connectivity index (χ4v) is 2.77. The molecule has 0 aliphatic heterocycles. The van der Waals surface area contributed by atoms with Gasteiger partial charge in [0, 0.05) is 18.5 Å². The third kappa shape index (κ3) is 4.64. The second kappa shape index (κ2) is 6.56. The number of halogens is 1. The van der Waals surface area contributed by atoms with E-state index in [4.69, 9.17) is 0 Å². The first kappa shape index (κ1) is 16.2. The Balaban J connectivity index is 3.14. The molecule has 1 rings (SSSR count). The fraction of sp³-hybridized carbons (Fsp3) is 0.417. The molecular formula is C12H17IN2O3S. The van der Waals surface area contributed by atoms with E-state index in [0.29, 0.717) is 5.69 Å². The van der Waals surface area contributed by atoms with Crippen molar-refractivity contribution in [3.8, 4) is 0 Å². The van der Waals surface area contributed by atoms with Crippen molar-refractivity contribution in [3.05, 3.63) is 29.8 Å². The quantitative estimate of drug-likeness (QED) is 0.560. The number of nitrogens with zero attached hydrogens (tertiary/aromatic N) is 2. The van der Waals surface area contributed by atoms with Gasteiger partial charge in [0.25, 0.3) is 0 Å².